The smallest absolute Gasteiger partial charge is 0.212 e. The van der Waals surface area contributed by atoms with Gasteiger partial charge in [0.15, 0.2) is 0 Å². The van der Waals surface area contributed by atoms with Gasteiger partial charge in [-0.05, 0) is 18.9 Å². The average molecular weight is 193 g/mol. The third-order valence-corrected chi connectivity index (χ3v) is 2.12. The molecule has 0 bridgehead atoms. The number of isocyanates is 1. The number of halogens is 1. The van der Waals surface area contributed by atoms with Gasteiger partial charge in [-0.25, -0.2) is 9.18 Å². The molecule has 0 heterocycles. The number of nitrogens with zero attached hydrogens (tertiary/aromatic N) is 1. The van der Waals surface area contributed by atoms with Gasteiger partial charge in [0.1, 0.15) is 0 Å². The maximum absolute atomic E-state index is 13.7. The second kappa shape index (κ2) is 4.16. The van der Waals surface area contributed by atoms with Crippen molar-refractivity contribution >= 4 is 6.08 Å². The molecule has 1 unspecified atom stereocenters. The summed E-state index contributed by atoms with van der Waals surface area (Å²) in [6.45, 7) is 3.23. The van der Waals surface area contributed by atoms with E-state index in [9.17, 15) is 9.18 Å². The Morgan fingerprint density at radius 1 is 1.57 bits per heavy atom. The maximum Gasteiger partial charge on any atom is 0.238 e. The van der Waals surface area contributed by atoms with Gasteiger partial charge >= 0.3 is 0 Å². The molecule has 3 heteroatoms. The topological polar surface area (TPSA) is 29.4 Å². The molecule has 0 saturated carbocycles. The molecule has 0 radical (unpaired) electrons. The predicted molar refractivity (Wildman–Crippen MR) is 52.4 cm³/mol. The molecule has 14 heavy (non-hydrogen) atoms. The molecule has 2 nitrogen and oxygen atoms in total. The Kier molecular flexibility index (Phi) is 3.15. The Morgan fingerprint density at radius 3 is 2.86 bits per heavy atom. The van der Waals surface area contributed by atoms with Crippen LogP contribution in [-0.4, -0.2) is 6.08 Å². The highest BCUT2D eigenvalue weighted by molar-refractivity contribution is 5.37. The molecule has 1 rings (SSSR count). The summed E-state index contributed by atoms with van der Waals surface area (Å²) in [6, 6.07) is 6.98. The van der Waals surface area contributed by atoms with Crippen LogP contribution in [-0.2, 0) is 17.0 Å². The fourth-order valence-electron chi connectivity index (χ4n) is 1.23. The van der Waals surface area contributed by atoms with Crippen molar-refractivity contribution in [3.63, 3.8) is 0 Å². The van der Waals surface area contributed by atoms with Crippen molar-refractivity contribution in [1.82, 2.24) is 0 Å². The van der Waals surface area contributed by atoms with Crippen molar-refractivity contribution in [2.75, 3.05) is 0 Å². The van der Waals surface area contributed by atoms with Crippen molar-refractivity contribution in [3.8, 4) is 0 Å². The number of benzene rings is 1. The molecule has 1 aromatic rings. The first-order chi connectivity index (χ1) is 6.60. The predicted octanol–water partition coefficient (Wildman–Crippen LogP) is 2.73. The van der Waals surface area contributed by atoms with E-state index in [-0.39, 0.29) is 0 Å². The van der Waals surface area contributed by atoms with Crippen LogP contribution in [0.2, 0.25) is 0 Å². The molecule has 74 valence electrons. The molecule has 0 saturated heterocycles. The van der Waals surface area contributed by atoms with Gasteiger partial charge in [-0.1, -0.05) is 31.2 Å². The van der Waals surface area contributed by atoms with Crippen molar-refractivity contribution in [2.45, 2.75) is 26.1 Å². The van der Waals surface area contributed by atoms with Gasteiger partial charge in [-0.2, -0.15) is 4.99 Å². The van der Waals surface area contributed by atoms with Crippen LogP contribution >= 0.6 is 0 Å². The van der Waals surface area contributed by atoms with Crippen LogP contribution in [0.3, 0.4) is 0 Å². The monoisotopic (exact) mass is 193 g/mol. The molecule has 0 aliphatic rings. The summed E-state index contributed by atoms with van der Waals surface area (Å²) in [5, 5.41) is 0. The number of hydrogen-bond donors (Lipinski definition) is 0. The van der Waals surface area contributed by atoms with E-state index in [1.165, 1.54) is 13.0 Å². The van der Waals surface area contributed by atoms with E-state index < -0.39 is 5.79 Å². The van der Waals surface area contributed by atoms with E-state index in [0.29, 0.717) is 5.56 Å². The van der Waals surface area contributed by atoms with Gasteiger partial charge in [0.05, 0.1) is 0 Å². The quantitative estimate of drug-likeness (QED) is 0.412. The van der Waals surface area contributed by atoms with Crippen LogP contribution in [0.15, 0.2) is 29.3 Å². The van der Waals surface area contributed by atoms with Crippen LogP contribution in [0.4, 0.5) is 4.39 Å². The third-order valence-electron chi connectivity index (χ3n) is 2.12. The highest BCUT2D eigenvalue weighted by Crippen LogP contribution is 2.27. The SMILES string of the molecule is CCc1cccc(C(C)(F)N=C=O)c1. The van der Waals surface area contributed by atoms with Gasteiger partial charge in [0, 0.05) is 5.56 Å². The van der Waals surface area contributed by atoms with Crippen LogP contribution in [0.5, 0.6) is 0 Å². The number of hydrogen-bond acceptors (Lipinski definition) is 2. The van der Waals surface area contributed by atoms with Crippen molar-refractivity contribution in [3.05, 3.63) is 35.4 Å². The van der Waals surface area contributed by atoms with E-state index in [0.717, 1.165) is 12.0 Å². The summed E-state index contributed by atoms with van der Waals surface area (Å²) in [6.07, 6.45) is 2.07. The van der Waals surface area contributed by atoms with Crippen molar-refractivity contribution < 1.29 is 9.18 Å². The Hall–Kier alpha value is -1.47. The molecule has 0 aliphatic carbocycles. The lowest BCUT2D eigenvalue weighted by Gasteiger charge is -2.14. The van der Waals surface area contributed by atoms with E-state index in [1.807, 2.05) is 13.0 Å². The maximum atomic E-state index is 13.7. The zero-order valence-corrected chi connectivity index (χ0v) is 8.25. The van der Waals surface area contributed by atoms with Gasteiger partial charge < -0.3 is 0 Å². The molecule has 0 N–H and O–H groups in total. The van der Waals surface area contributed by atoms with E-state index in [4.69, 9.17) is 0 Å². The Morgan fingerprint density at radius 2 is 2.29 bits per heavy atom. The second-order valence-electron chi connectivity index (χ2n) is 3.21. The van der Waals surface area contributed by atoms with Gasteiger partial charge in [-0.15, -0.1) is 0 Å². The molecule has 1 aromatic carbocycles. The first-order valence-corrected chi connectivity index (χ1v) is 4.47. The van der Waals surface area contributed by atoms with E-state index in [2.05, 4.69) is 4.99 Å². The van der Waals surface area contributed by atoms with Crippen molar-refractivity contribution in [1.29, 1.82) is 0 Å². The minimum absolute atomic E-state index is 0.389. The Labute approximate surface area is 82.5 Å². The van der Waals surface area contributed by atoms with Crippen LogP contribution in [0, 0.1) is 0 Å². The zero-order valence-electron chi connectivity index (χ0n) is 8.25. The molecule has 0 amide bonds. The lowest BCUT2D eigenvalue weighted by atomic mass is 10.0. The fourth-order valence-corrected chi connectivity index (χ4v) is 1.23. The molecular weight excluding hydrogens is 181 g/mol. The minimum Gasteiger partial charge on any atom is -0.212 e. The number of rotatable bonds is 3. The summed E-state index contributed by atoms with van der Waals surface area (Å²) in [4.78, 5) is 13.1. The third kappa shape index (κ3) is 2.27. The largest absolute Gasteiger partial charge is 0.238 e. The van der Waals surface area contributed by atoms with Crippen LogP contribution in [0.1, 0.15) is 25.0 Å². The van der Waals surface area contributed by atoms with E-state index >= 15 is 0 Å². The van der Waals surface area contributed by atoms with Gasteiger partial charge in [0.2, 0.25) is 11.9 Å². The van der Waals surface area contributed by atoms with Crippen LogP contribution < -0.4 is 0 Å². The van der Waals surface area contributed by atoms with E-state index in [1.54, 1.807) is 18.2 Å². The number of aliphatic imine (C=N–C) groups is 1. The standard InChI is InChI=1S/C11H12FNO/c1-3-9-5-4-6-10(7-9)11(2,12)13-8-14/h4-7H,3H2,1-2H3. The summed E-state index contributed by atoms with van der Waals surface area (Å²) in [5.41, 5.74) is 1.41. The molecule has 0 spiro atoms. The summed E-state index contributed by atoms with van der Waals surface area (Å²) in [5.74, 6) is -1.97. The number of carbonyl (C=O) groups excluding carboxylic acids is 1. The van der Waals surface area contributed by atoms with Crippen molar-refractivity contribution in [2.24, 2.45) is 4.99 Å². The second-order valence-corrected chi connectivity index (χ2v) is 3.21. The van der Waals surface area contributed by atoms with Crippen LogP contribution in [0.25, 0.3) is 0 Å². The highest BCUT2D eigenvalue weighted by Gasteiger charge is 2.24. The minimum atomic E-state index is -1.97. The fraction of sp³-hybridized carbons (Fsp3) is 0.364. The Bertz CT molecular complexity index is 367. The molecule has 0 aliphatic heterocycles. The zero-order chi connectivity index (χ0) is 10.6. The lowest BCUT2D eigenvalue weighted by Crippen LogP contribution is -2.11. The summed E-state index contributed by atoms with van der Waals surface area (Å²) >= 11 is 0. The summed E-state index contributed by atoms with van der Waals surface area (Å²) in [7, 11) is 0. The highest BCUT2D eigenvalue weighted by atomic mass is 19.1. The normalized spacial score (nSPS) is 14.2. The number of alkyl halides is 1. The van der Waals surface area contributed by atoms with Gasteiger partial charge in [0.25, 0.3) is 0 Å². The molecule has 0 aromatic heterocycles. The molecule has 0 fully saturated rings. The summed E-state index contributed by atoms with van der Waals surface area (Å²) < 4.78 is 13.7. The molecular formula is C11H12FNO. The number of aryl methyl sites for hydroxylation is 1. The molecule has 1 atom stereocenters. The Balaban J connectivity index is 3.11. The average Bonchev–Trinajstić information content (AvgIpc) is 2.18. The lowest BCUT2D eigenvalue weighted by molar-refractivity contribution is 0.206. The first kappa shape index (κ1) is 10.6. The first-order valence-electron chi connectivity index (χ1n) is 4.47. The van der Waals surface area contributed by atoms with Gasteiger partial charge in [-0.3, -0.25) is 0 Å².